The van der Waals surface area contributed by atoms with Crippen molar-refractivity contribution >= 4 is 10.9 Å². The molecule has 3 heteroatoms. The predicted octanol–water partition coefficient (Wildman–Crippen LogP) is 2.90. The van der Waals surface area contributed by atoms with E-state index in [9.17, 15) is 4.39 Å². The minimum atomic E-state index is -0.138. The summed E-state index contributed by atoms with van der Waals surface area (Å²) >= 11 is 0. The van der Waals surface area contributed by atoms with Crippen LogP contribution in [0.2, 0.25) is 0 Å². The molecule has 2 nitrogen and oxygen atoms in total. The average Bonchev–Trinajstić information content (AvgIpc) is 2.88. The molecular weight excluding hydrogens is 203 g/mol. The lowest BCUT2D eigenvalue weighted by Crippen LogP contribution is -2.18. The molecule has 0 radical (unpaired) electrons. The Morgan fingerprint density at radius 1 is 1.25 bits per heavy atom. The van der Waals surface area contributed by atoms with Crippen molar-refractivity contribution in [2.45, 2.75) is 19.4 Å². The number of nitrogens with zero attached hydrogens (tertiary/aromatic N) is 1. The van der Waals surface area contributed by atoms with Crippen molar-refractivity contribution in [2.24, 2.45) is 0 Å². The number of fused-ring (bicyclic) bond motifs is 1. The molecular formula is C13H15FN2. The van der Waals surface area contributed by atoms with Crippen molar-refractivity contribution in [1.29, 1.82) is 0 Å². The van der Waals surface area contributed by atoms with E-state index >= 15 is 0 Å². The third-order valence-electron chi connectivity index (χ3n) is 3.26. The molecule has 2 aromatic rings. The Labute approximate surface area is 94.1 Å². The first-order chi connectivity index (χ1) is 7.83. The van der Waals surface area contributed by atoms with Crippen molar-refractivity contribution in [2.75, 3.05) is 13.1 Å². The summed E-state index contributed by atoms with van der Waals surface area (Å²) in [6.45, 7) is 3.24. The van der Waals surface area contributed by atoms with Crippen LogP contribution in [0.3, 0.4) is 0 Å². The van der Waals surface area contributed by atoms with E-state index in [0.717, 1.165) is 30.8 Å². The maximum Gasteiger partial charge on any atom is 0.132 e. The van der Waals surface area contributed by atoms with E-state index in [0.29, 0.717) is 5.39 Å². The van der Waals surface area contributed by atoms with Crippen LogP contribution in [0.25, 0.3) is 10.9 Å². The van der Waals surface area contributed by atoms with Crippen LogP contribution >= 0.6 is 0 Å². The Bertz CT molecular complexity index is 498. The van der Waals surface area contributed by atoms with E-state index in [1.807, 2.05) is 12.1 Å². The molecule has 1 N–H and O–H groups in total. The van der Waals surface area contributed by atoms with Gasteiger partial charge < -0.3 is 4.98 Å². The lowest BCUT2D eigenvalue weighted by atomic mass is 10.2. The van der Waals surface area contributed by atoms with E-state index in [1.54, 1.807) is 6.07 Å². The highest BCUT2D eigenvalue weighted by Crippen LogP contribution is 2.20. The minimum absolute atomic E-state index is 0.138. The van der Waals surface area contributed by atoms with E-state index in [-0.39, 0.29) is 5.82 Å². The van der Waals surface area contributed by atoms with Gasteiger partial charge in [-0.2, -0.15) is 0 Å². The minimum Gasteiger partial charge on any atom is -0.357 e. The van der Waals surface area contributed by atoms with E-state index in [4.69, 9.17) is 0 Å². The van der Waals surface area contributed by atoms with Gasteiger partial charge in [-0.1, -0.05) is 6.07 Å². The van der Waals surface area contributed by atoms with Crippen LogP contribution < -0.4 is 0 Å². The van der Waals surface area contributed by atoms with Crippen molar-refractivity contribution in [3.8, 4) is 0 Å². The van der Waals surface area contributed by atoms with Gasteiger partial charge in [0.25, 0.3) is 0 Å². The van der Waals surface area contributed by atoms with Gasteiger partial charge in [0.05, 0.1) is 0 Å². The molecule has 0 unspecified atom stereocenters. The van der Waals surface area contributed by atoms with Gasteiger partial charge in [-0.3, -0.25) is 4.90 Å². The number of rotatable bonds is 2. The maximum absolute atomic E-state index is 13.5. The molecule has 1 aliphatic rings. The zero-order valence-corrected chi connectivity index (χ0v) is 9.17. The summed E-state index contributed by atoms with van der Waals surface area (Å²) in [6, 6.07) is 7.11. The van der Waals surface area contributed by atoms with Gasteiger partial charge in [0, 0.05) is 23.1 Å². The quantitative estimate of drug-likeness (QED) is 0.821. The average molecular weight is 218 g/mol. The van der Waals surface area contributed by atoms with Crippen LogP contribution in [0.1, 0.15) is 18.5 Å². The third kappa shape index (κ3) is 1.71. The molecule has 84 valence electrons. The molecule has 0 saturated carbocycles. The van der Waals surface area contributed by atoms with Crippen LogP contribution in [0, 0.1) is 5.82 Å². The monoisotopic (exact) mass is 218 g/mol. The molecule has 2 heterocycles. The standard InChI is InChI=1S/C13H15FN2/c14-12-4-3-5-13-11(12)8-10(15-13)9-16-6-1-2-7-16/h3-5,8,15H,1-2,6-7,9H2. The summed E-state index contributed by atoms with van der Waals surface area (Å²) < 4.78 is 13.5. The van der Waals surface area contributed by atoms with Crippen LogP contribution in [0.4, 0.5) is 4.39 Å². The molecule has 3 rings (SSSR count). The molecule has 1 fully saturated rings. The smallest absolute Gasteiger partial charge is 0.132 e. The second-order valence-electron chi connectivity index (χ2n) is 4.48. The van der Waals surface area contributed by atoms with Crippen molar-refractivity contribution in [1.82, 2.24) is 9.88 Å². The summed E-state index contributed by atoms with van der Waals surface area (Å²) in [6.07, 6.45) is 2.57. The van der Waals surface area contributed by atoms with E-state index in [1.165, 1.54) is 18.9 Å². The summed E-state index contributed by atoms with van der Waals surface area (Å²) in [7, 11) is 0. The largest absolute Gasteiger partial charge is 0.357 e. The fourth-order valence-corrected chi connectivity index (χ4v) is 2.44. The summed E-state index contributed by atoms with van der Waals surface area (Å²) in [5, 5.41) is 0.705. The molecule has 16 heavy (non-hydrogen) atoms. The number of aromatic amines is 1. The van der Waals surface area contributed by atoms with E-state index in [2.05, 4.69) is 9.88 Å². The highest BCUT2D eigenvalue weighted by molar-refractivity contribution is 5.80. The number of nitrogens with one attached hydrogen (secondary N) is 1. The molecule has 0 aliphatic carbocycles. The lowest BCUT2D eigenvalue weighted by Gasteiger charge is -2.12. The summed E-state index contributed by atoms with van der Waals surface area (Å²) in [4.78, 5) is 5.69. The number of benzene rings is 1. The number of hydrogen-bond acceptors (Lipinski definition) is 1. The highest BCUT2D eigenvalue weighted by Gasteiger charge is 2.13. The van der Waals surface area contributed by atoms with E-state index < -0.39 is 0 Å². The third-order valence-corrected chi connectivity index (χ3v) is 3.26. The van der Waals surface area contributed by atoms with Crippen LogP contribution in [0.5, 0.6) is 0 Å². The zero-order chi connectivity index (χ0) is 11.0. The van der Waals surface area contributed by atoms with Gasteiger partial charge in [0.2, 0.25) is 0 Å². The number of aromatic nitrogens is 1. The Morgan fingerprint density at radius 2 is 2.06 bits per heavy atom. The van der Waals surface area contributed by atoms with Gasteiger partial charge in [0.1, 0.15) is 5.82 Å². The number of hydrogen-bond donors (Lipinski definition) is 1. The van der Waals surface area contributed by atoms with Gasteiger partial charge >= 0.3 is 0 Å². The second-order valence-corrected chi connectivity index (χ2v) is 4.48. The van der Waals surface area contributed by atoms with Crippen LogP contribution in [0.15, 0.2) is 24.3 Å². The molecule has 0 spiro atoms. The van der Waals surface area contributed by atoms with Gasteiger partial charge in [-0.25, -0.2) is 4.39 Å². The predicted molar refractivity (Wildman–Crippen MR) is 62.8 cm³/mol. The van der Waals surface area contributed by atoms with Crippen molar-refractivity contribution in [3.63, 3.8) is 0 Å². The Balaban J connectivity index is 1.90. The fraction of sp³-hybridized carbons (Fsp3) is 0.385. The topological polar surface area (TPSA) is 19.0 Å². The van der Waals surface area contributed by atoms with Crippen molar-refractivity contribution in [3.05, 3.63) is 35.8 Å². The lowest BCUT2D eigenvalue weighted by molar-refractivity contribution is 0.328. The molecule has 1 saturated heterocycles. The number of halogens is 1. The summed E-state index contributed by atoms with van der Waals surface area (Å²) in [5.74, 6) is -0.138. The Morgan fingerprint density at radius 3 is 2.81 bits per heavy atom. The Kier molecular flexibility index (Phi) is 2.40. The fourth-order valence-electron chi connectivity index (χ4n) is 2.44. The first-order valence-electron chi connectivity index (χ1n) is 5.81. The molecule has 1 aliphatic heterocycles. The molecule has 0 amide bonds. The molecule has 0 bridgehead atoms. The molecule has 0 atom stereocenters. The van der Waals surface area contributed by atoms with Crippen LogP contribution in [-0.4, -0.2) is 23.0 Å². The number of likely N-dealkylation sites (tertiary alicyclic amines) is 1. The number of H-pyrrole nitrogens is 1. The maximum atomic E-state index is 13.5. The van der Waals surface area contributed by atoms with Gasteiger partial charge in [0.15, 0.2) is 0 Å². The van der Waals surface area contributed by atoms with Crippen LogP contribution in [-0.2, 0) is 6.54 Å². The normalized spacial score (nSPS) is 17.3. The molecule has 1 aromatic carbocycles. The highest BCUT2D eigenvalue weighted by atomic mass is 19.1. The first-order valence-corrected chi connectivity index (χ1v) is 5.81. The summed E-state index contributed by atoms with van der Waals surface area (Å²) in [5.41, 5.74) is 2.01. The zero-order valence-electron chi connectivity index (χ0n) is 9.17. The SMILES string of the molecule is Fc1cccc2[nH]c(CN3CCCC3)cc12. The second kappa shape index (κ2) is 3.91. The van der Waals surface area contributed by atoms with Gasteiger partial charge in [-0.05, 0) is 44.1 Å². The van der Waals surface area contributed by atoms with Gasteiger partial charge in [-0.15, -0.1) is 0 Å². The molecule has 1 aromatic heterocycles. The Hall–Kier alpha value is -1.35. The van der Waals surface area contributed by atoms with Crippen molar-refractivity contribution < 1.29 is 4.39 Å². The first kappa shape index (κ1) is 9.85.